The first kappa shape index (κ1) is 11.2. The van der Waals surface area contributed by atoms with Gasteiger partial charge in [0.1, 0.15) is 0 Å². The fourth-order valence-electron chi connectivity index (χ4n) is 0.821. The third kappa shape index (κ3) is 8.11. The normalized spacial score (nSPS) is 13.8. The molecule has 0 aliphatic heterocycles. The van der Waals surface area contributed by atoms with Crippen LogP contribution < -0.4 is 0 Å². The van der Waals surface area contributed by atoms with Crippen LogP contribution >= 0.6 is 11.6 Å². The van der Waals surface area contributed by atoms with Gasteiger partial charge in [-0.05, 0) is 20.3 Å². The summed E-state index contributed by atoms with van der Waals surface area (Å²) in [5, 5.41) is 9.09. The molecule has 3 heteroatoms. The molecular weight excluding hydrogens is 176 g/mol. The summed E-state index contributed by atoms with van der Waals surface area (Å²) in [5.74, 6) is 0.378. The molecule has 0 saturated heterocycles. The molecule has 0 aromatic carbocycles. The maximum absolute atomic E-state index is 9.09. The van der Waals surface area contributed by atoms with Crippen molar-refractivity contribution in [2.45, 2.75) is 32.4 Å². The Kier molecular flexibility index (Phi) is 7.02. The molecule has 1 nitrogen and oxygen atoms in total. The summed E-state index contributed by atoms with van der Waals surface area (Å²) in [5.41, 5.74) is 3.72. The summed E-state index contributed by atoms with van der Waals surface area (Å²) >= 11 is 5.44. The SMILES string of the molecule is CC(C)=C[SiH2]CCC(O)CCl. The molecule has 1 N–H and O–H groups in total. The number of hydrogen-bond donors (Lipinski definition) is 1. The minimum Gasteiger partial charge on any atom is -0.392 e. The number of alkyl halides is 1. The van der Waals surface area contributed by atoms with E-state index in [2.05, 4.69) is 19.5 Å². The Morgan fingerprint density at radius 2 is 2.27 bits per heavy atom. The van der Waals surface area contributed by atoms with Gasteiger partial charge < -0.3 is 5.11 Å². The van der Waals surface area contributed by atoms with Gasteiger partial charge in [-0.1, -0.05) is 11.6 Å². The van der Waals surface area contributed by atoms with Crippen molar-refractivity contribution in [3.63, 3.8) is 0 Å². The van der Waals surface area contributed by atoms with Crippen molar-refractivity contribution in [1.29, 1.82) is 0 Å². The van der Waals surface area contributed by atoms with Crippen LogP contribution in [-0.4, -0.2) is 26.6 Å². The molecule has 0 amide bonds. The van der Waals surface area contributed by atoms with Gasteiger partial charge in [-0.2, -0.15) is 0 Å². The molecule has 0 aliphatic rings. The molecule has 1 atom stereocenters. The third-order valence-corrected chi connectivity index (χ3v) is 3.75. The number of rotatable bonds is 5. The zero-order valence-corrected chi connectivity index (χ0v) is 9.48. The van der Waals surface area contributed by atoms with Crippen LogP contribution in [-0.2, 0) is 0 Å². The zero-order valence-electron chi connectivity index (χ0n) is 7.31. The number of halogens is 1. The largest absolute Gasteiger partial charge is 0.392 e. The topological polar surface area (TPSA) is 20.2 Å². The predicted molar refractivity (Wildman–Crippen MR) is 54.1 cm³/mol. The molecular formula is C8H17ClOSi. The van der Waals surface area contributed by atoms with Crippen molar-refractivity contribution >= 4 is 21.1 Å². The van der Waals surface area contributed by atoms with Crippen molar-refractivity contribution in [3.05, 3.63) is 11.3 Å². The molecule has 66 valence electrons. The van der Waals surface area contributed by atoms with E-state index in [0.717, 1.165) is 6.42 Å². The Hall–Kier alpha value is 0.207. The van der Waals surface area contributed by atoms with Crippen LogP contribution in [0, 0.1) is 0 Å². The van der Waals surface area contributed by atoms with Gasteiger partial charge in [0.25, 0.3) is 0 Å². The molecule has 0 fully saturated rings. The minimum atomic E-state index is -0.283. The van der Waals surface area contributed by atoms with Crippen LogP contribution in [0.1, 0.15) is 20.3 Å². The van der Waals surface area contributed by atoms with Crippen molar-refractivity contribution in [2.24, 2.45) is 0 Å². The first-order chi connectivity index (χ1) is 5.16. The lowest BCUT2D eigenvalue weighted by atomic mass is 10.3. The van der Waals surface area contributed by atoms with Gasteiger partial charge in [-0.3, -0.25) is 0 Å². The van der Waals surface area contributed by atoms with Crippen LogP contribution in [0.25, 0.3) is 0 Å². The van der Waals surface area contributed by atoms with Crippen LogP contribution in [0.4, 0.5) is 0 Å². The van der Waals surface area contributed by atoms with E-state index in [0.29, 0.717) is 5.88 Å². The molecule has 1 unspecified atom stereocenters. The van der Waals surface area contributed by atoms with Gasteiger partial charge in [-0.25, -0.2) is 0 Å². The van der Waals surface area contributed by atoms with Crippen molar-refractivity contribution in [1.82, 2.24) is 0 Å². The lowest BCUT2D eigenvalue weighted by Crippen LogP contribution is -2.08. The average molecular weight is 193 g/mol. The number of aliphatic hydroxyl groups is 1. The summed E-state index contributed by atoms with van der Waals surface area (Å²) < 4.78 is 0. The van der Waals surface area contributed by atoms with Crippen LogP contribution in [0.2, 0.25) is 6.04 Å². The van der Waals surface area contributed by atoms with E-state index in [1.165, 1.54) is 11.6 Å². The highest BCUT2D eigenvalue weighted by Crippen LogP contribution is 2.00. The maximum atomic E-state index is 9.09. The van der Waals surface area contributed by atoms with Crippen molar-refractivity contribution in [3.8, 4) is 0 Å². The van der Waals surface area contributed by atoms with Crippen molar-refractivity contribution in [2.75, 3.05) is 5.88 Å². The highest BCUT2D eigenvalue weighted by atomic mass is 35.5. The van der Waals surface area contributed by atoms with E-state index in [1.807, 2.05) is 0 Å². The lowest BCUT2D eigenvalue weighted by molar-refractivity contribution is 0.194. The second-order valence-electron chi connectivity index (χ2n) is 3.02. The standard InChI is InChI=1S/C8H17ClOSi/c1-7(2)6-11-4-3-8(10)5-9/h6,8,10H,3-5,11H2,1-2H3. The number of aliphatic hydroxyl groups excluding tert-OH is 1. The first-order valence-corrected chi connectivity index (χ1v) is 6.39. The molecule has 0 aromatic heterocycles. The minimum absolute atomic E-state index is 0.0690. The van der Waals surface area contributed by atoms with Gasteiger partial charge in [0.05, 0.1) is 6.10 Å². The highest BCUT2D eigenvalue weighted by molar-refractivity contribution is 6.42. The zero-order chi connectivity index (χ0) is 8.69. The Bertz CT molecular complexity index is 121. The summed E-state index contributed by atoms with van der Waals surface area (Å²) in [7, 11) is -0.0690. The molecule has 0 rings (SSSR count). The lowest BCUT2D eigenvalue weighted by Gasteiger charge is -2.03. The van der Waals surface area contributed by atoms with Crippen molar-refractivity contribution < 1.29 is 5.11 Å². The molecule has 11 heavy (non-hydrogen) atoms. The Labute approximate surface area is 76.3 Å². The molecule has 0 heterocycles. The molecule has 0 radical (unpaired) electrons. The summed E-state index contributed by atoms with van der Waals surface area (Å²) in [6, 6.07) is 1.17. The summed E-state index contributed by atoms with van der Waals surface area (Å²) in [4.78, 5) is 0. The first-order valence-electron chi connectivity index (χ1n) is 4.04. The van der Waals surface area contributed by atoms with Gasteiger partial charge in [-0.15, -0.1) is 17.3 Å². The third-order valence-electron chi connectivity index (χ3n) is 1.47. The Balaban J connectivity index is 3.21. The molecule has 0 aromatic rings. The molecule has 0 saturated carbocycles. The fraction of sp³-hybridized carbons (Fsp3) is 0.750. The number of allylic oxidation sites excluding steroid dienone is 1. The Morgan fingerprint density at radius 1 is 1.64 bits per heavy atom. The van der Waals surface area contributed by atoms with Gasteiger partial charge in [0.15, 0.2) is 0 Å². The van der Waals surface area contributed by atoms with E-state index < -0.39 is 0 Å². The highest BCUT2D eigenvalue weighted by Gasteiger charge is 1.99. The summed E-state index contributed by atoms with van der Waals surface area (Å²) in [6.45, 7) is 4.23. The van der Waals surface area contributed by atoms with Crippen LogP contribution in [0.3, 0.4) is 0 Å². The average Bonchev–Trinajstić information content (AvgIpc) is 1.97. The van der Waals surface area contributed by atoms with Gasteiger partial charge in [0, 0.05) is 15.4 Å². The van der Waals surface area contributed by atoms with Gasteiger partial charge in [0.2, 0.25) is 0 Å². The molecule has 0 bridgehead atoms. The quantitative estimate of drug-likeness (QED) is 0.398. The number of hydrogen-bond acceptors (Lipinski definition) is 1. The summed E-state index contributed by atoms with van der Waals surface area (Å²) in [6.07, 6.45) is 0.592. The molecule has 0 spiro atoms. The van der Waals surface area contributed by atoms with E-state index in [9.17, 15) is 0 Å². The van der Waals surface area contributed by atoms with Crippen LogP contribution in [0.5, 0.6) is 0 Å². The smallest absolute Gasteiger partial charge is 0.0672 e. The van der Waals surface area contributed by atoms with E-state index >= 15 is 0 Å². The Morgan fingerprint density at radius 3 is 2.73 bits per heavy atom. The van der Waals surface area contributed by atoms with E-state index in [1.54, 1.807) is 0 Å². The predicted octanol–water partition coefficient (Wildman–Crippen LogP) is 1.49. The molecule has 0 aliphatic carbocycles. The van der Waals surface area contributed by atoms with E-state index in [-0.39, 0.29) is 15.6 Å². The monoisotopic (exact) mass is 192 g/mol. The van der Waals surface area contributed by atoms with E-state index in [4.69, 9.17) is 16.7 Å². The van der Waals surface area contributed by atoms with Crippen LogP contribution in [0.15, 0.2) is 11.3 Å². The maximum Gasteiger partial charge on any atom is 0.0672 e. The van der Waals surface area contributed by atoms with Gasteiger partial charge >= 0.3 is 0 Å². The fourth-order valence-corrected chi connectivity index (χ4v) is 2.46. The second kappa shape index (κ2) is 6.89. The second-order valence-corrected chi connectivity index (χ2v) is 5.02.